The van der Waals surface area contributed by atoms with Crippen molar-refractivity contribution in [1.29, 1.82) is 0 Å². The van der Waals surface area contributed by atoms with E-state index in [4.69, 9.17) is 63.7 Å². The molecule has 0 saturated heterocycles. The van der Waals surface area contributed by atoms with Gasteiger partial charge in [0, 0.05) is 16.5 Å². The van der Waals surface area contributed by atoms with Crippen LogP contribution in [-0.4, -0.2) is 0 Å². The van der Waals surface area contributed by atoms with Crippen molar-refractivity contribution in [3.05, 3.63) is 37.2 Å². The second kappa shape index (κ2) is 4.32. The minimum atomic E-state index is 0.188. The summed E-state index contributed by atoms with van der Waals surface area (Å²) in [5, 5.41) is 2.48. The largest absolute Gasteiger partial charge is 0.399 e. The third-order valence-corrected chi connectivity index (χ3v) is 4.26. The second-order valence-corrected chi connectivity index (χ2v) is 5.10. The molecule has 0 atom stereocenters. The van der Waals surface area contributed by atoms with Crippen molar-refractivity contribution < 1.29 is 0 Å². The molecule has 2 N–H and O–H groups in total. The molecule has 1 nitrogen and oxygen atoms in total. The third kappa shape index (κ3) is 1.81. The molecule has 0 saturated carbocycles. The zero-order chi connectivity index (χ0) is 12.0. The Kier molecular flexibility index (Phi) is 3.35. The fourth-order valence-corrected chi connectivity index (χ4v) is 2.84. The van der Waals surface area contributed by atoms with Gasteiger partial charge in [-0.2, -0.15) is 0 Å². The van der Waals surface area contributed by atoms with Crippen LogP contribution in [0, 0.1) is 0 Å². The van der Waals surface area contributed by atoms with Crippen LogP contribution in [0.2, 0.25) is 25.1 Å². The number of benzene rings is 2. The number of anilines is 1. The molecule has 0 aliphatic rings. The lowest BCUT2D eigenvalue weighted by Crippen LogP contribution is -1.88. The van der Waals surface area contributed by atoms with Gasteiger partial charge in [0.05, 0.1) is 25.1 Å². The van der Waals surface area contributed by atoms with E-state index in [2.05, 4.69) is 0 Å². The maximum atomic E-state index is 6.06. The molecule has 6 heteroatoms. The van der Waals surface area contributed by atoms with Gasteiger partial charge in [-0.05, 0) is 12.1 Å². The summed E-state index contributed by atoms with van der Waals surface area (Å²) in [6.07, 6.45) is 0. The van der Waals surface area contributed by atoms with Gasteiger partial charge in [0.25, 0.3) is 0 Å². The molecule has 0 unspecified atom stereocenters. The van der Waals surface area contributed by atoms with Crippen LogP contribution >= 0.6 is 58.0 Å². The lowest BCUT2D eigenvalue weighted by atomic mass is 10.1. The van der Waals surface area contributed by atoms with Gasteiger partial charge in [0.2, 0.25) is 0 Å². The average molecular weight is 315 g/mol. The van der Waals surface area contributed by atoms with Crippen molar-refractivity contribution in [3.8, 4) is 0 Å². The fourth-order valence-electron chi connectivity index (χ4n) is 1.44. The maximum Gasteiger partial charge on any atom is 0.0800 e. The van der Waals surface area contributed by atoms with E-state index in [0.717, 1.165) is 0 Å². The van der Waals surface area contributed by atoms with Crippen LogP contribution in [0.3, 0.4) is 0 Å². The Balaban J connectivity index is 3.08. The summed E-state index contributed by atoms with van der Waals surface area (Å²) in [4.78, 5) is 0. The molecule has 0 bridgehead atoms. The van der Waals surface area contributed by atoms with Crippen LogP contribution in [0.15, 0.2) is 12.1 Å². The van der Waals surface area contributed by atoms with Crippen molar-refractivity contribution >= 4 is 74.5 Å². The van der Waals surface area contributed by atoms with Gasteiger partial charge in [-0.3, -0.25) is 0 Å². The molecule has 84 valence electrons. The summed E-state index contributed by atoms with van der Waals surface area (Å²) >= 11 is 30.0. The highest BCUT2D eigenvalue weighted by molar-refractivity contribution is 6.56. The number of hydrogen-bond donors (Lipinski definition) is 1. The molecule has 0 aliphatic carbocycles. The Morgan fingerprint density at radius 3 is 1.94 bits per heavy atom. The van der Waals surface area contributed by atoms with E-state index in [-0.39, 0.29) is 15.1 Å². The Morgan fingerprint density at radius 2 is 1.31 bits per heavy atom. The third-order valence-electron chi connectivity index (χ3n) is 2.15. The van der Waals surface area contributed by atoms with E-state index in [9.17, 15) is 0 Å². The summed E-state index contributed by atoms with van der Waals surface area (Å²) in [6, 6.07) is 3.23. The molecule has 0 aromatic heterocycles. The first-order chi connectivity index (χ1) is 7.43. The quantitative estimate of drug-likeness (QED) is 0.377. The van der Waals surface area contributed by atoms with Crippen LogP contribution in [0.1, 0.15) is 0 Å². The molecule has 2 aromatic carbocycles. The van der Waals surface area contributed by atoms with Crippen LogP contribution in [0.4, 0.5) is 5.69 Å². The lowest BCUT2D eigenvalue weighted by Gasteiger charge is -2.10. The molecule has 2 rings (SSSR count). The minimum absolute atomic E-state index is 0.188. The predicted molar refractivity (Wildman–Crippen MR) is 73.4 cm³/mol. The van der Waals surface area contributed by atoms with Gasteiger partial charge in [-0.1, -0.05) is 58.0 Å². The predicted octanol–water partition coefficient (Wildman–Crippen LogP) is 5.69. The van der Waals surface area contributed by atoms with Crippen LogP contribution in [-0.2, 0) is 0 Å². The van der Waals surface area contributed by atoms with Crippen molar-refractivity contribution in [2.45, 2.75) is 0 Å². The van der Waals surface area contributed by atoms with Crippen LogP contribution in [0.25, 0.3) is 10.8 Å². The highest BCUT2D eigenvalue weighted by Crippen LogP contribution is 2.45. The van der Waals surface area contributed by atoms with Crippen molar-refractivity contribution in [3.63, 3.8) is 0 Å². The number of halogens is 5. The monoisotopic (exact) mass is 313 g/mol. The summed E-state index contributed by atoms with van der Waals surface area (Å²) < 4.78 is 0. The number of nitrogen functional groups attached to an aromatic ring is 1. The van der Waals surface area contributed by atoms with E-state index in [1.54, 1.807) is 12.1 Å². The van der Waals surface area contributed by atoms with E-state index in [1.807, 2.05) is 0 Å². The fraction of sp³-hybridized carbons (Fsp3) is 0. The zero-order valence-corrected chi connectivity index (χ0v) is 11.4. The molecular weight excluding hydrogens is 311 g/mol. The maximum absolute atomic E-state index is 6.06. The number of nitrogens with two attached hydrogens (primary N) is 1. The highest BCUT2D eigenvalue weighted by Gasteiger charge is 2.17. The Bertz CT molecular complexity index is 594. The van der Waals surface area contributed by atoms with E-state index in [0.29, 0.717) is 26.5 Å². The average Bonchev–Trinajstić information content (AvgIpc) is 2.22. The topological polar surface area (TPSA) is 26.0 Å². The summed E-state index contributed by atoms with van der Waals surface area (Å²) in [7, 11) is 0. The zero-order valence-electron chi connectivity index (χ0n) is 7.62. The Hall–Kier alpha value is -0.0500. The number of rotatable bonds is 0. The van der Waals surface area contributed by atoms with Crippen molar-refractivity contribution in [2.24, 2.45) is 0 Å². The summed E-state index contributed by atoms with van der Waals surface area (Å²) in [6.45, 7) is 0. The van der Waals surface area contributed by atoms with Gasteiger partial charge in [0.1, 0.15) is 0 Å². The summed E-state index contributed by atoms with van der Waals surface area (Å²) in [5.41, 5.74) is 6.15. The normalized spacial score (nSPS) is 11.1. The van der Waals surface area contributed by atoms with Crippen LogP contribution in [0.5, 0.6) is 0 Å². The second-order valence-electron chi connectivity index (χ2n) is 3.18. The molecule has 0 amide bonds. The minimum Gasteiger partial charge on any atom is -0.399 e. The molecule has 0 aliphatic heterocycles. The van der Waals surface area contributed by atoms with Crippen LogP contribution < -0.4 is 5.73 Å². The molecule has 0 heterocycles. The molecular formula is C10H4Cl5N. The first-order valence-electron chi connectivity index (χ1n) is 4.14. The van der Waals surface area contributed by atoms with Gasteiger partial charge in [0.15, 0.2) is 0 Å². The van der Waals surface area contributed by atoms with E-state index < -0.39 is 0 Å². The Labute approximate surface area is 117 Å². The van der Waals surface area contributed by atoms with Gasteiger partial charge < -0.3 is 5.73 Å². The SMILES string of the molecule is Nc1cc(Cl)c2c(Cl)c(Cl)c(Cl)c(Cl)c2c1. The van der Waals surface area contributed by atoms with Crippen molar-refractivity contribution in [1.82, 2.24) is 0 Å². The Morgan fingerprint density at radius 1 is 0.750 bits per heavy atom. The summed E-state index contributed by atoms with van der Waals surface area (Å²) in [5.74, 6) is 0. The lowest BCUT2D eigenvalue weighted by molar-refractivity contribution is 1.72. The number of hydrogen-bond acceptors (Lipinski definition) is 1. The van der Waals surface area contributed by atoms with Gasteiger partial charge in [-0.15, -0.1) is 0 Å². The van der Waals surface area contributed by atoms with E-state index in [1.165, 1.54) is 0 Å². The van der Waals surface area contributed by atoms with E-state index >= 15 is 0 Å². The standard InChI is InChI=1S/C10H4Cl5N/c11-5-2-3(16)1-4-6(5)8(13)10(15)9(14)7(4)12/h1-2H,16H2. The van der Waals surface area contributed by atoms with Gasteiger partial charge in [-0.25, -0.2) is 0 Å². The molecule has 16 heavy (non-hydrogen) atoms. The first kappa shape index (κ1) is 12.4. The smallest absolute Gasteiger partial charge is 0.0800 e. The molecule has 0 radical (unpaired) electrons. The molecule has 0 spiro atoms. The molecule has 0 fully saturated rings. The number of fused-ring (bicyclic) bond motifs is 1. The first-order valence-corrected chi connectivity index (χ1v) is 6.03. The molecule has 2 aromatic rings. The highest BCUT2D eigenvalue weighted by atomic mass is 35.5. The van der Waals surface area contributed by atoms with Gasteiger partial charge >= 0.3 is 0 Å². The van der Waals surface area contributed by atoms with Crippen molar-refractivity contribution in [2.75, 3.05) is 5.73 Å².